The van der Waals surface area contributed by atoms with Crippen molar-refractivity contribution in [3.63, 3.8) is 0 Å². The van der Waals surface area contributed by atoms with E-state index in [9.17, 15) is 4.79 Å². The standard InChI is InChI=1S/C12H14BrClO2/c1-2-16-11-6-9(8-13)5-10(7-11)12(15)3-4-14/h5-7H,2-4,8H2,1H3. The highest BCUT2D eigenvalue weighted by atomic mass is 79.9. The van der Waals surface area contributed by atoms with Gasteiger partial charge in [0.2, 0.25) is 0 Å². The molecule has 1 rings (SSSR count). The van der Waals surface area contributed by atoms with E-state index in [1.165, 1.54) is 0 Å². The minimum absolute atomic E-state index is 0.0544. The zero-order valence-electron chi connectivity index (χ0n) is 9.13. The SMILES string of the molecule is CCOc1cc(CBr)cc(C(=O)CCCl)c1. The largest absolute Gasteiger partial charge is 0.494 e. The van der Waals surface area contributed by atoms with Crippen LogP contribution in [0, 0.1) is 0 Å². The summed E-state index contributed by atoms with van der Waals surface area (Å²) in [7, 11) is 0. The topological polar surface area (TPSA) is 26.3 Å². The molecule has 0 aliphatic carbocycles. The number of Topliss-reactive ketones (excluding diaryl/α,β-unsaturated/α-hetero) is 1. The molecule has 0 fully saturated rings. The van der Waals surface area contributed by atoms with Crippen LogP contribution < -0.4 is 4.74 Å². The van der Waals surface area contributed by atoms with Crippen molar-refractivity contribution >= 4 is 33.3 Å². The normalized spacial score (nSPS) is 10.2. The van der Waals surface area contributed by atoms with E-state index >= 15 is 0 Å². The van der Waals surface area contributed by atoms with Crippen LogP contribution in [0.5, 0.6) is 5.75 Å². The maximum atomic E-state index is 11.7. The molecule has 0 saturated heterocycles. The van der Waals surface area contributed by atoms with E-state index in [0.29, 0.717) is 29.8 Å². The van der Waals surface area contributed by atoms with Gasteiger partial charge in [0.05, 0.1) is 6.61 Å². The molecule has 0 heterocycles. The van der Waals surface area contributed by atoms with Crippen LogP contribution in [0.2, 0.25) is 0 Å². The lowest BCUT2D eigenvalue weighted by Gasteiger charge is -2.08. The first-order valence-electron chi connectivity index (χ1n) is 5.13. The fraction of sp³-hybridized carbons (Fsp3) is 0.417. The summed E-state index contributed by atoms with van der Waals surface area (Å²) in [6, 6.07) is 5.56. The lowest BCUT2D eigenvalue weighted by molar-refractivity contribution is 0.0988. The molecular weight excluding hydrogens is 291 g/mol. The Hall–Kier alpha value is -0.540. The van der Waals surface area contributed by atoms with Crippen molar-refractivity contribution in [2.75, 3.05) is 12.5 Å². The van der Waals surface area contributed by atoms with Gasteiger partial charge in [-0.1, -0.05) is 15.9 Å². The molecule has 0 bridgehead atoms. The minimum Gasteiger partial charge on any atom is -0.494 e. The molecule has 1 aromatic carbocycles. The molecule has 0 spiro atoms. The molecule has 1 aromatic rings. The molecule has 0 aromatic heterocycles. The van der Waals surface area contributed by atoms with Crippen LogP contribution in [0.4, 0.5) is 0 Å². The number of hydrogen-bond acceptors (Lipinski definition) is 2. The third-order valence-corrected chi connectivity index (χ3v) is 2.91. The Morgan fingerprint density at radius 1 is 1.44 bits per heavy atom. The number of alkyl halides is 2. The second-order valence-corrected chi connectivity index (χ2v) is 4.23. The Morgan fingerprint density at radius 3 is 2.75 bits per heavy atom. The average molecular weight is 306 g/mol. The van der Waals surface area contributed by atoms with Crippen LogP contribution in [0.15, 0.2) is 18.2 Å². The van der Waals surface area contributed by atoms with Gasteiger partial charge in [-0.2, -0.15) is 0 Å². The van der Waals surface area contributed by atoms with Gasteiger partial charge in [-0.15, -0.1) is 11.6 Å². The first kappa shape index (κ1) is 13.5. The highest BCUT2D eigenvalue weighted by Crippen LogP contribution is 2.20. The second kappa shape index (κ2) is 6.92. The summed E-state index contributed by atoms with van der Waals surface area (Å²) in [6.07, 6.45) is 0.360. The van der Waals surface area contributed by atoms with Gasteiger partial charge in [0.15, 0.2) is 5.78 Å². The predicted octanol–water partition coefficient (Wildman–Crippen LogP) is 3.79. The number of benzene rings is 1. The van der Waals surface area contributed by atoms with E-state index in [1.807, 2.05) is 19.1 Å². The summed E-state index contributed by atoms with van der Waals surface area (Å²) in [5.41, 5.74) is 1.70. The van der Waals surface area contributed by atoms with Gasteiger partial charge < -0.3 is 4.74 Å². The third kappa shape index (κ3) is 3.80. The van der Waals surface area contributed by atoms with Crippen LogP contribution in [-0.4, -0.2) is 18.3 Å². The molecule has 0 amide bonds. The van der Waals surface area contributed by atoms with Crippen molar-refractivity contribution in [3.05, 3.63) is 29.3 Å². The lowest BCUT2D eigenvalue weighted by Crippen LogP contribution is -2.02. The van der Waals surface area contributed by atoms with Gasteiger partial charge in [-0.25, -0.2) is 0 Å². The van der Waals surface area contributed by atoms with Crippen molar-refractivity contribution in [1.29, 1.82) is 0 Å². The van der Waals surface area contributed by atoms with Crippen molar-refractivity contribution in [2.24, 2.45) is 0 Å². The van der Waals surface area contributed by atoms with Crippen LogP contribution >= 0.6 is 27.5 Å². The molecule has 0 aliphatic rings. The van der Waals surface area contributed by atoms with E-state index in [0.717, 1.165) is 11.3 Å². The van der Waals surface area contributed by atoms with Gasteiger partial charge in [-0.3, -0.25) is 4.79 Å². The van der Waals surface area contributed by atoms with Crippen LogP contribution in [0.1, 0.15) is 29.3 Å². The molecule has 0 unspecified atom stereocenters. The van der Waals surface area contributed by atoms with Gasteiger partial charge in [0.1, 0.15) is 5.75 Å². The summed E-state index contributed by atoms with van der Waals surface area (Å²) >= 11 is 8.93. The molecule has 0 aliphatic heterocycles. The summed E-state index contributed by atoms with van der Waals surface area (Å²) in [4.78, 5) is 11.7. The first-order valence-corrected chi connectivity index (χ1v) is 6.78. The monoisotopic (exact) mass is 304 g/mol. The number of ether oxygens (including phenoxy) is 1. The highest BCUT2D eigenvalue weighted by molar-refractivity contribution is 9.08. The van der Waals surface area contributed by atoms with Gasteiger partial charge in [0, 0.05) is 23.2 Å². The van der Waals surface area contributed by atoms with E-state index in [2.05, 4.69) is 15.9 Å². The van der Waals surface area contributed by atoms with Crippen LogP contribution in [-0.2, 0) is 5.33 Å². The zero-order valence-corrected chi connectivity index (χ0v) is 11.5. The number of ketones is 1. The Kier molecular flexibility index (Phi) is 5.85. The Balaban J connectivity index is 2.98. The molecule has 0 atom stereocenters. The molecule has 2 nitrogen and oxygen atoms in total. The van der Waals surface area contributed by atoms with Crippen molar-refractivity contribution in [2.45, 2.75) is 18.7 Å². The summed E-state index contributed by atoms with van der Waals surface area (Å²) in [5.74, 6) is 1.14. The number of carbonyl (C=O) groups is 1. The quantitative estimate of drug-likeness (QED) is 0.590. The predicted molar refractivity (Wildman–Crippen MR) is 69.9 cm³/mol. The second-order valence-electron chi connectivity index (χ2n) is 3.29. The Bertz CT molecular complexity index is 366. The van der Waals surface area contributed by atoms with Gasteiger partial charge in [-0.05, 0) is 30.7 Å². The average Bonchev–Trinajstić information content (AvgIpc) is 2.29. The van der Waals surface area contributed by atoms with E-state index in [-0.39, 0.29) is 5.78 Å². The minimum atomic E-state index is 0.0544. The van der Waals surface area contributed by atoms with Gasteiger partial charge in [0.25, 0.3) is 0 Å². The molecule has 0 saturated carbocycles. The van der Waals surface area contributed by atoms with E-state index in [4.69, 9.17) is 16.3 Å². The molecule has 88 valence electrons. The number of hydrogen-bond donors (Lipinski definition) is 0. The maximum absolute atomic E-state index is 11.7. The summed E-state index contributed by atoms with van der Waals surface area (Å²) in [6.45, 7) is 2.51. The van der Waals surface area contributed by atoms with Crippen LogP contribution in [0.3, 0.4) is 0 Å². The third-order valence-electron chi connectivity index (χ3n) is 2.08. The number of halogens is 2. The van der Waals surface area contributed by atoms with E-state index in [1.54, 1.807) is 6.07 Å². The zero-order chi connectivity index (χ0) is 12.0. The number of rotatable bonds is 6. The first-order chi connectivity index (χ1) is 7.71. The fourth-order valence-electron chi connectivity index (χ4n) is 1.38. The Labute approximate surface area is 109 Å². The maximum Gasteiger partial charge on any atom is 0.164 e. The van der Waals surface area contributed by atoms with Crippen molar-refractivity contribution in [1.82, 2.24) is 0 Å². The molecule has 4 heteroatoms. The Morgan fingerprint density at radius 2 is 2.19 bits per heavy atom. The fourth-order valence-corrected chi connectivity index (χ4v) is 1.87. The molecule has 0 radical (unpaired) electrons. The van der Waals surface area contributed by atoms with Crippen molar-refractivity contribution < 1.29 is 9.53 Å². The highest BCUT2D eigenvalue weighted by Gasteiger charge is 2.08. The van der Waals surface area contributed by atoms with E-state index < -0.39 is 0 Å². The summed E-state index contributed by atoms with van der Waals surface area (Å²) < 4.78 is 5.41. The molecular formula is C12H14BrClO2. The van der Waals surface area contributed by atoms with Gasteiger partial charge >= 0.3 is 0 Å². The van der Waals surface area contributed by atoms with Crippen molar-refractivity contribution in [3.8, 4) is 5.75 Å². The number of carbonyl (C=O) groups excluding carboxylic acids is 1. The molecule has 16 heavy (non-hydrogen) atoms. The van der Waals surface area contributed by atoms with Crippen LogP contribution in [0.25, 0.3) is 0 Å². The summed E-state index contributed by atoms with van der Waals surface area (Å²) in [5, 5.41) is 0.703. The smallest absolute Gasteiger partial charge is 0.164 e. The lowest BCUT2D eigenvalue weighted by atomic mass is 10.1. The molecule has 0 N–H and O–H groups in total.